The third-order valence-corrected chi connectivity index (χ3v) is 4.05. The van der Waals surface area contributed by atoms with Crippen LogP contribution < -0.4 is 5.32 Å². The molecule has 0 aliphatic carbocycles. The molecule has 1 aromatic rings. The van der Waals surface area contributed by atoms with Crippen molar-refractivity contribution in [2.45, 2.75) is 52.2 Å². The Balaban J connectivity index is 1.86. The molecule has 1 fully saturated rings. The minimum atomic E-state index is 0.237. The Morgan fingerprint density at radius 2 is 2.16 bits per heavy atom. The molecule has 0 radical (unpaired) electrons. The van der Waals surface area contributed by atoms with Gasteiger partial charge in [0.15, 0.2) is 0 Å². The second-order valence-corrected chi connectivity index (χ2v) is 6.70. The molecule has 0 aromatic carbocycles. The summed E-state index contributed by atoms with van der Waals surface area (Å²) in [6.45, 7) is 13.7. The van der Waals surface area contributed by atoms with Crippen molar-refractivity contribution in [3.05, 3.63) is 18.7 Å². The molecular formula is C15H28N4. The number of imidazole rings is 1. The Morgan fingerprint density at radius 3 is 2.79 bits per heavy atom. The minimum absolute atomic E-state index is 0.237. The van der Waals surface area contributed by atoms with Gasteiger partial charge in [-0.05, 0) is 26.2 Å². The molecular weight excluding hydrogens is 236 g/mol. The SMILES string of the molecule is CC(C)C1CNC(C)(C)CN1CCCn1ccnc1. The van der Waals surface area contributed by atoms with Gasteiger partial charge >= 0.3 is 0 Å². The van der Waals surface area contributed by atoms with Gasteiger partial charge in [-0.25, -0.2) is 4.98 Å². The van der Waals surface area contributed by atoms with E-state index in [2.05, 4.69) is 47.5 Å². The number of hydrogen-bond donors (Lipinski definition) is 1. The highest BCUT2D eigenvalue weighted by molar-refractivity contribution is 4.93. The molecule has 4 nitrogen and oxygen atoms in total. The van der Waals surface area contributed by atoms with Gasteiger partial charge < -0.3 is 9.88 Å². The number of aryl methyl sites for hydroxylation is 1. The molecule has 1 saturated heterocycles. The summed E-state index contributed by atoms with van der Waals surface area (Å²) in [6.07, 6.45) is 6.99. The van der Waals surface area contributed by atoms with E-state index in [-0.39, 0.29) is 5.54 Å². The number of hydrogen-bond acceptors (Lipinski definition) is 3. The van der Waals surface area contributed by atoms with Crippen molar-refractivity contribution in [1.29, 1.82) is 0 Å². The topological polar surface area (TPSA) is 33.1 Å². The molecule has 1 atom stereocenters. The normalized spacial score (nSPS) is 23.9. The zero-order valence-electron chi connectivity index (χ0n) is 12.8. The van der Waals surface area contributed by atoms with Gasteiger partial charge in [0.05, 0.1) is 6.33 Å². The summed E-state index contributed by atoms with van der Waals surface area (Å²) in [5.41, 5.74) is 0.237. The minimum Gasteiger partial charge on any atom is -0.337 e. The molecule has 0 spiro atoms. The summed E-state index contributed by atoms with van der Waals surface area (Å²) in [4.78, 5) is 6.76. The molecule has 0 saturated carbocycles. The number of nitrogens with one attached hydrogen (secondary N) is 1. The Labute approximate surface area is 117 Å². The van der Waals surface area contributed by atoms with Gasteiger partial charge in [-0.3, -0.25) is 4.90 Å². The lowest BCUT2D eigenvalue weighted by molar-refractivity contribution is 0.0674. The Hall–Kier alpha value is -0.870. The van der Waals surface area contributed by atoms with E-state index in [9.17, 15) is 0 Å². The predicted molar refractivity (Wildman–Crippen MR) is 79.1 cm³/mol. The standard InChI is InChI=1S/C15H28N4/c1-13(2)14-10-17-15(3,4)11-19(14)8-5-7-18-9-6-16-12-18/h6,9,12-14,17H,5,7-8,10-11H2,1-4H3. The highest BCUT2D eigenvalue weighted by Gasteiger charge is 2.33. The van der Waals surface area contributed by atoms with E-state index in [4.69, 9.17) is 0 Å². The van der Waals surface area contributed by atoms with Crippen LogP contribution in [0, 0.1) is 5.92 Å². The first-order valence-corrected chi connectivity index (χ1v) is 7.43. The molecule has 1 aliphatic rings. The van der Waals surface area contributed by atoms with Crippen molar-refractivity contribution in [1.82, 2.24) is 19.8 Å². The predicted octanol–water partition coefficient (Wildman–Crippen LogP) is 1.98. The van der Waals surface area contributed by atoms with Crippen molar-refractivity contribution < 1.29 is 0 Å². The highest BCUT2D eigenvalue weighted by atomic mass is 15.3. The third kappa shape index (κ3) is 4.05. The largest absolute Gasteiger partial charge is 0.337 e. The van der Waals surface area contributed by atoms with Gasteiger partial charge in [0.1, 0.15) is 0 Å². The van der Waals surface area contributed by atoms with Gasteiger partial charge in [-0.1, -0.05) is 13.8 Å². The molecule has 2 rings (SSSR count). The van der Waals surface area contributed by atoms with Gasteiger partial charge in [-0.15, -0.1) is 0 Å². The summed E-state index contributed by atoms with van der Waals surface area (Å²) in [5, 5.41) is 3.67. The van der Waals surface area contributed by atoms with Crippen LogP contribution in [0.5, 0.6) is 0 Å². The quantitative estimate of drug-likeness (QED) is 0.883. The van der Waals surface area contributed by atoms with Crippen LogP contribution in [0.4, 0.5) is 0 Å². The Morgan fingerprint density at radius 1 is 1.37 bits per heavy atom. The first-order valence-electron chi connectivity index (χ1n) is 7.43. The highest BCUT2D eigenvalue weighted by Crippen LogP contribution is 2.20. The van der Waals surface area contributed by atoms with Gasteiger partial charge in [0.2, 0.25) is 0 Å². The summed E-state index contributed by atoms with van der Waals surface area (Å²) in [7, 11) is 0. The maximum absolute atomic E-state index is 4.09. The van der Waals surface area contributed by atoms with Crippen LogP contribution in [-0.2, 0) is 6.54 Å². The molecule has 1 unspecified atom stereocenters. The maximum Gasteiger partial charge on any atom is 0.0945 e. The summed E-state index contributed by atoms with van der Waals surface area (Å²) >= 11 is 0. The van der Waals surface area contributed by atoms with Crippen molar-refractivity contribution >= 4 is 0 Å². The van der Waals surface area contributed by atoms with Crippen LogP contribution in [0.15, 0.2) is 18.7 Å². The van der Waals surface area contributed by atoms with Crippen molar-refractivity contribution in [2.75, 3.05) is 19.6 Å². The summed E-state index contributed by atoms with van der Waals surface area (Å²) in [6, 6.07) is 0.663. The number of aromatic nitrogens is 2. The molecule has 1 aliphatic heterocycles. The fourth-order valence-corrected chi connectivity index (χ4v) is 2.97. The lowest BCUT2D eigenvalue weighted by atomic mass is 9.93. The van der Waals surface area contributed by atoms with E-state index in [0.29, 0.717) is 12.0 Å². The van der Waals surface area contributed by atoms with Gasteiger partial charge in [0, 0.05) is 50.2 Å². The van der Waals surface area contributed by atoms with E-state index in [1.54, 1.807) is 0 Å². The Kier molecular flexibility index (Phi) is 4.63. The lowest BCUT2D eigenvalue weighted by Gasteiger charge is -2.46. The monoisotopic (exact) mass is 264 g/mol. The van der Waals surface area contributed by atoms with Crippen LogP contribution in [0.3, 0.4) is 0 Å². The maximum atomic E-state index is 4.09. The first kappa shape index (κ1) is 14.5. The fourth-order valence-electron chi connectivity index (χ4n) is 2.97. The third-order valence-electron chi connectivity index (χ3n) is 4.05. The molecule has 1 N–H and O–H groups in total. The van der Waals surface area contributed by atoms with Gasteiger partial charge in [0.25, 0.3) is 0 Å². The zero-order chi connectivity index (χ0) is 13.9. The summed E-state index contributed by atoms with van der Waals surface area (Å²) < 4.78 is 2.16. The number of piperazine rings is 1. The molecule has 19 heavy (non-hydrogen) atoms. The summed E-state index contributed by atoms with van der Waals surface area (Å²) in [5.74, 6) is 0.705. The first-order chi connectivity index (χ1) is 8.98. The van der Waals surface area contributed by atoms with Crippen LogP contribution in [0.25, 0.3) is 0 Å². The van der Waals surface area contributed by atoms with E-state index in [1.165, 1.54) is 13.0 Å². The fraction of sp³-hybridized carbons (Fsp3) is 0.800. The van der Waals surface area contributed by atoms with Crippen molar-refractivity contribution in [3.63, 3.8) is 0 Å². The molecule has 0 amide bonds. The molecule has 4 heteroatoms. The Bertz CT molecular complexity index is 370. The second kappa shape index (κ2) is 6.06. The lowest BCUT2D eigenvalue weighted by Crippen LogP contribution is -2.63. The molecule has 1 aromatic heterocycles. The van der Waals surface area contributed by atoms with E-state index >= 15 is 0 Å². The number of nitrogens with zero attached hydrogens (tertiary/aromatic N) is 3. The van der Waals surface area contributed by atoms with E-state index in [0.717, 1.165) is 19.6 Å². The number of rotatable bonds is 5. The second-order valence-electron chi connectivity index (χ2n) is 6.70. The van der Waals surface area contributed by atoms with Gasteiger partial charge in [-0.2, -0.15) is 0 Å². The van der Waals surface area contributed by atoms with Crippen molar-refractivity contribution in [2.24, 2.45) is 5.92 Å². The van der Waals surface area contributed by atoms with E-state index < -0.39 is 0 Å². The molecule has 108 valence electrons. The molecule has 0 bridgehead atoms. The van der Waals surface area contributed by atoms with E-state index in [1.807, 2.05) is 18.7 Å². The van der Waals surface area contributed by atoms with Crippen LogP contribution in [0.2, 0.25) is 0 Å². The smallest absolute Gasteiger partial charge is 0.0945 e. The zero-order valence-corrected chi connectivity index (χ0v) is 12.8. The average Bonchev–Trinajstić information content (AvgIpc) is 2.80. The van der Waals surface area contributed by atoms with Crippen LogP contribution in [0.1, 0.15) is 34.1 Å². The van der Waals surface area contributed by atoms with Crippen LogP contribution in [-0.4, -0.2) is 45.7 Å². The average molecular weight is 264 g/mol. The molecule has 2 heterocycles. The van der Waals surface area contributed by atoms with Crippen molar-refractivity contribution in [3.8, 4) is 0 Å². The van der Waals surface area contributed by atoms with Crippen LogP contribution >= 0.6 is 0 Å².